The minimum atomic E-state index is -3.21. The molecule has 0 spiro atoms. The Morgan fingerprint density at radius 2 is 1.91 bits per heavy atom. The molecule has 0 aromatic carbocycles. The first kappa shape index (κ1) is 11.4. The number of unbranched alkanes of at least 4 members (excludes halogenated alkanes) is 4. The molecule has 0 rings (SSSR count). The van der Waals surface area contributed by atoms with Crippen LogP contribution in [0.15, 0.2) is 0 Å². The third kappa shape index (κ3) is 10.4. The number of hydrogen-bond donors (Lipinski definition) is 1. The van der Waals surface area contributed by atoms with Gasteiger partial charge in [-0.2, -0.15) is 0 Å². The first-order valence-electron chi connectivity index (χ1n) is 4.13. The van der Waals surface area contributed by atoms with E-state index in [4.69, 9.17) is 3.69 Å². The van der Waals surface area contributed by atoms with Crippen LogP contribution in [0.3, 0.4) is 0 Å². The van der Waals surface area contributed by atoms with E-state index in [1.807, 2.05) is 0 Å². The molecule has 0 unspecified atom stereocenters. The van der Waals surface area contributed by atoms with E-state index in [1.165, 1.54) is 19.3 Å². The molecule has 0 aliphatic carbocycles. The van der Waals surface area contributed by atoms with Gasteiger partial charge < -0.3 is 0 Å². The van der Waals surface area contributed by atoms with Gasteiger partial charge in [0.05, 0.1) is 0 Å². The topological polar surface area (TPSA) is 46.5 Å². The van der Waals surface area contributed by atoms with E-state index in [0.717, 1.165) is 12.8 Å². The van der Waals surface area contributed by atoms with E-state index in [0.29, 0.717) is 6.61 Å². The molecular weight excluding hydrogens is 180 g/mol. The molecule has 0 aromatic heterocycles. The van der Waals surface area contributed by atoms with Crippen molar-refractivity contribution in [1.82, 2.24) is 0 Å². The van der Waals surface area contributed by atoms with E-state index in [2.05, 4.69) is 10.2 Å². The molecule has 0 saturated heterocycles. The Kier molecular flexibility index (Phi) is 8.87. The Hall–Kier alpha value is 0.434. The molecular formula is C7H16O3Ti. The Balaban J connectivity index is 2.85. The summed E-state index contributed by atoms with van der Waals surface area (Å²) in [5.41, 5.74) is 0. The average molecular weight is 196 g/mol. The Morgan fingerprint density at radius 1 is 1.27 bits per heavy atom. The van der Waals surface area contributed by atoms with Crippen molar-refractivity contribution in [3.05, 3.63) is 0 Å². The SMILES string of the molecule is CCCCCCC[O][Ti](=[O])[OH]. The van der Waals surface area contributed by atoms with Gasteiger partial charge in [-0.3, -0.25) is 0 Å². The predicted molar refractivity (Wildman–Crippen MR) is 37.6 cm³/mol. The monoisotopic (exact) mass is 196 g/mol. The van der Waals surface area contributed by atoms with Gasteiger partial charge in [0.1, 0.15) is 0 Å². The van der Waals surface area contributed by atoms with Gasteiger partial charge in [0.25, 0.3) is 0 Å². The van der Waals surface area contributed by atoms with Crippen LogP contribution < -0.4 is 0 Å². The summed E-state index contributed by atoms with van der Waals surface area (Å²) in [5, 5.41) is 0. The van der Waals surface area contributed by atoms with Crippen molar-refractivity contribution < 1.29 is 28.9 Å². The van der Waals surface area contributed by atoms with Crippen molar-refractivity contribution in [3.8, 4) is 0 Å². The fourth-order valence-electron chi connectivity index (χ4n) is 0.865. The molecule has 0 aliphatic heterocycles. The van der Waals surface area contributed by atoms with Crippen molar-refractivity contribution in [2.75, 3.05) is 6.61 Å². The van der Waals surface area contributed by atoms with E-state index >= 15 is 0 Å². The standard InChI is InChI=1S/C7H15O.H2O.O.Ti/c1-2-3-4-5-6-7-8;;;/h2-7H2,1H3;1H2;;/q-1;;;+2/p-1. The summed E-state index contributed by atoms with van der Waals surface area (Å²) in [4.78, 5) is 0. The van der Waals surface area contributed by atoms with Gasteiger partial charge in [0.15, 0.2) is 0 Å². The van der Waals surface area contributed by atoms with Gasteiger partial charge in [-0.1, -0.05) is 0 Å². The fraction of sp³-hybridized carbons (Fsp3) is 1.00. The van der Waals surface area contributed by atoms with Crippen LogP contribution in [-0.2, 0) is 25.3 Å². The third-order valence-corrected chi connectivity index (χ3v) is 2.18. The van der Waals surface area contributed by atoms with Crippen molar-refractivity contribution in [3.63, 3.8) is 0 Å². The zero-order valence-corrected chi connectivity index (χ0v) is 8.57. The van der Waals surface area contributed by atoms with Crippen LogP contribution in [0.25, 0.3) is 0 Å². The average Bonchev–Trinajstić information content (AvgIpc) is 1.96. The quantitative estimate of drug-likeness (QED) is 0.498. The Labute approximate surface area is 74.9 Å². The summed E-state index contributed by atoms with van der Waals surface area (Å²) in [6, 6.07) is 0. The van der Waals surface area contributed by atoms with Gasteiger partial charge in [-0.15, -0.1) is 0 Å². The molecule has 0 aliphatic rings. The molecule has 0 atom stereocenters. The number of hydrogen-bond acceptors (Lipinski definition) is 2. The molecule has 0 bridgehead atoms. The van der Waals surface area contributed by atoms with E-state index in [1.54, 1.807) is 0 Å². The summed E-state index contributed by atoms with van der Waals surface area (Å²) in [6.45, 7) is 2.62. The molecule has 0 saturated carbocycles. The molecule has 66 valence electrons. The van der Waals surface area contributed by atoms with Crippen molar-refractivity contribution >= 4 is 0 Å². The normalized spacial score (nSPS) is 10.0. The second kappa shape index (κ2) is 8.53. The summed E-state index contributed by atoms with van der Waals surface area (Å²) < 4.78 is 23.0. The molecule has 0 amide bonds. The fourth-order valence-corrected chi connectivity index (χ4v) is 1.36. The van der Waals surface area contributed by atoms with Crippen molar-refractivity contribution in [2.45, 2.75) is 39.0 Å². The summed E-state index contributed by atoms with van der Waals surface area (Å²) >= 11 is -3.21. The summed E-state index contributed by atoms with van der Waals surface area (Å²) in [6.07, 6.45) is 5.71. The van der Waals surface area contributed by atoms with Crippen LogP contribution in [-0.4, -0.2) is 10.3 Å². The maximum absolute atomic E-state index is 10.1. The van der Waals surface area contributed by atoms with Crippen LogP contribution >= 0.6 is 0 Å². The van der Waals surface area contributed by atoms with Crippen LogP contribution in [0.1, 0.15) is 39.0 Å². The van der Waals surface area contributed by atoms with Crippen LogP contribution in [0.4, 0.5) is 0 Å². The van der Waals surface area contributed by atoms with Gasteiger partial charge in [0, 0.05) is 0 Å². The van der Waals surface area contributed by atoms with Gasteiger partial charge >= 0.3 is 74.6 Å². The zero-order chi connectivity index (χ0) is 8.53. The van der Waals surface area contributed by atoms with E-state index in [9.17, 15) is 3.32 Å². The second-order valence-corrected chi connectivity index (χ2v) is 3.81. The number of rotatable bonds is 7. The first-order chi connectivity index (χ1) is 5.27. The molecule has 0 heterocycles. The summed E-state index contributed by atoms with van der Waals surface area (Å²) in [5.74, 6) is 0. The minimum absolute atomic E-state index is 0.457. The molecule has 11 heavy (non-hydrogen) atoms. The molecule has 4 heteroatoms. The molecule has 0 radical (unpaired) electrons. The Morgan fingerprint density at radius 3 is 2.45 bits per heavy atom. The molecule has 3 nitrogen and oxygen atoms in total. The zero-order valence-electron chi connectivity index (χ0n) is 7.01. The first-order valence-corrected chi connectivity index (χ1v) is 6.10. The molecule has 1 N–H and O–H groups in total. The van der Waals surface area contributed by atoms with Gasteiger partial charge in [-0.25, -0.2) is 0 Å². The van der Waals surface area contributed by atoms with Crippen LogP contribution in [0, 0.1) is 0 Å². The van der Waals surface area contributed by atoms with Crippen LogP contribution in [0.5, 0.6) is 0 Å². The molecule has 0 fully saturated rings. The summed E-state index contributed by atoms with van der Waals surface area (Å²) in [7, 11) is 0. The molecule has 0 aromatic rings. The van der Waals surface area contributed by atoms with Crippen molar-refractivity contribution in [2.24, 2.45) is 0 Å². The van der Waals surface area contributed by atoms with Gasteiger partial charge in [0.2, 0.25) is 0 Å². The maximum atomic E-state index is 10.1. The van der Waals surface area contributed by atoms with E-state index in [-0.39, 0.29) is 0 Å². The third-order valence-electron chi connectivity index (χ3n) is 1.47. The predicted octanol–water partition coefficient (Wildman–Crippen LogP) is 1.76. The van der Waals surface area contributed by atoms with Gasteiger partial charge in [-0.05, 0) is 0 Å². The van der Waals surface area contributed by atoms with Crippen LogP contribution in [0.2, 0.25) is 0 Å². The Bertz CT molecular complexity index is 106. The van der Waals surface area contributed by atoms with E-state index < -0.39 is 18.6 Å². The second-order valence-electron chi connectivity index (χ2n) is 2.53. The van der Waals surface area contributed by atoms with Crippen molar-refractivity contribution in [1.29, 1.82) is 0 Å².